The van der Waals surface area contributed by atoms with Crippen LogP contribution in [0, 0.1) is 17.0 Å². The second-order valence-corrected chi connectivity index (χ2v) is 9.73. The standard InChI is InChI=1S/C28H25F2N7O3/c29-17-1-3-18(4-2-17)37(27(39)28(8-9-28)26(31)38)19-5-6-21(20(30)15-19)40-22-7-10-33-25-24(22)35-23(16-34-25)36-13-11-32-12-14-36/h1-7,10,15-16,32H,8-9,11-14H2,(H2,31,38). The molecule has 4 aromatic rings. The third-order valence-corrected chi connectivity index (χ3v) is 7.15. The van der Waals surface area contributed by atoms with Gasteiger partial charge in [0, 0.05) is 50.2 Å². The number of fused-ring (bicyclic) bond motifs is 1. The van der Waals surface area contributed by atoms with Crippen molar-refractivity contribution in [3.63, 3.8) is 0 Å². The maximum atomic E-state index is 15.5. The summed E-state index contributed by atoms with van der Waals surface area (Å²) in [6.07, 6.45) is 3.72. The van der Waals surface area contributed by atoms with Gasteiger partial charge >= 0.3 is 0 Å². The summed E-state index contributed by atoms with van der Waals surface area (Å²) in [6, 6.07) is 10.7. The Morgan fingerprint density at radius 3 is 2.38 bits per heavy atom. The number of halogens is 2. The van der Waals surface area contributed by atoms with E-state index in [9.17, 15) is 14.0 Å². The van der Waals surface area contributed by atoms with Crippen LogP contribution < -0.4 is 25.6 Å². The minimum Gasteiger partial charge on any atom is -0.452 e. The molecule has 1 aliphatic carbocycles. The lowest BCUT2D eigenvalue weighted by molar-refractivity contribution is -0.133. The quantitative estimate of drug-likeness (QED) is 0.338. The van der Waals surface area contributed by atoms with Gasteiger partial charge < -0.3 is 20.7 Å². The molecule has 0 atom stereocenters. The highest BCUT2D eigenvalue weighted by molar-refractivity contribution is 6.16. The zero-order chi connectivity index (χ0) is 27.9. The highest BCUT2D eigenvalue weighted by Crippen LogP contribution is 2.49. The number of hydrogen-bond acceptors (Lipinski definition) is 8. The monoisotopic (exact) mass is 545 g/mol. The first-order valence-corrected chi connectivity index (χ1v) is 12.8. The van der Waals surface area contributed by atoms with E-state index in [4.69, 9.17) is 10.5 Å². The van der Waals surface area contributed by atoms with Gasteiger partial charge in [0.25, 0.3) is 0 Å². The second-order valence-electron chi connectivity index (χ2n) is 9.73. The van der Waals surface area contributed by atoms with Crippen LogP contribution in [0.5, 0.6) is 11.5 Å². The Kier molecular flexibility index (Phi) is 6.46. The number of nitrogens with one attached hydrogen (secondary N) is 1. The van der Waals surface area contributed by atoms with Crippen LogP contribution in [-0.4, -0.2) is 52.9 Å². The van der Waals surface area contributed by atoms with Gasteiger partial charge in [-0.05, 0) is 49.2 Å². The predicted molar refractivity (Wildman–Crippen MR) is 143 cm³/mol. The molecule has 6 rings (SSSR count). The predicted octanol–water partition coefficient (Wildman–Crippen LogP) is 3.44. The van der Waals surface area contributed by atoms with E-state index >= 15 is 4.39 Å². The fraction of sp³-hybridized carbons (Fsp3) is 0.250. The largest absolute Gasteiger partial charge is 0.452 e. The van der Waals surface area contributed by atoms with E-state index in [1.165, 1.54) is 47.5 Å². The highest BCUT2D eigenvalue weighted by atomic mass is 19.1. The van der Waals surface area contributed by atoms with Crippen molar-refractivity contribution in [1.82, 2.24) is 20.3 Å². The van der Waals surface area contributed by atoms with Gasteiger partial charge in [0.15, 0.2) is 28.5 Å². The average Bonchev–Trinajstić information content (AvgIpc) is 3.79. The molecule has 2 aromatic carbocycles. The van der Waals surface area contributed by atoms with E-state index in [1.807, 2.05) is 0 Å². The lowest BCUT2D eigenvalue weighted by atomic mass is 10.0. The number of benzene rings is 2. The Bertz CT molecular complexity index is 1610. The van der Waals surface area contributed by atoms with Gasteiger partial charge in [0.05, 0.1) is 11.9 Å². The molecule has 0 spiro atoms. The van der Waals surface area contributed by atoms with E-state index in [1.54, 1.807) is 12.3 Å². The summed E-state index contributed by atoms with van der Waals surface area (Å²) in [7, 11) is 0. The highest BCUT2D eigenvalue weighted by Gasteiger charge is 2.57. The number of carbonyl (C=O) groups excluding carboxylic acids is 2. The van der Waals surface area contributed by atoms with Crippen LogP contribution in [0.15, 0.2) is 60.9 Å². The van der Waals surface area contributed by atoms with Crippen LogP contribution in [0.3, 0.4) is 0 Å². The van der Waals surface area contributed by atoms with Crippen LogP contribution in [0.2, 0.25) is 0 Å². The Balaban J connectivity index is 1.33. The zero-order valence-corrected chi connectivity index (χ0v) is 21.3. The van der Waals surface area contributed by atoms with Crippen molar-refractivity contribution in [1.29, 1.82) is 0 Å². The van der Waals surface area contributed by atoms with Crippen molar-refractivity contribution >= 4 is 40.2 Å². The first kappa shape index (κ1) is 25.6. The number of rotatable bonds is 7. The summed E-state index contributed by atoms with van der Waals surface area (Å²) in [4.78, 5) is 42.2. The Morgan fingerprint density at radius 1 is 0.975 bits per heavy atom. The summed E-state index contributed by atoms with van der Waals surface area (Å²) < 4.78 is 35.0. The summed E-state index contributed by atoms with van der Waals surface area (Å²) in [5.74, 6) is -1.81. The molecule has 1 saturated carbocycles. The summed E-state index contributed by atoms with van der Waals surface area (Å²) in [5, 5.41) is 3.29. The third kappa shape index (κ3) is 4.66. The van der Waals surface area contributed by atoms with Crippen LogP contribution in [-0.2, 0) is 9.59 Å². The molecule has 3 N–H and O–H groups in total. The smallest absolute Gasteiger partial charge is 0.247 e. The van der Waals surface area contributed by atoms with Crippen molar-refractivity contribution in [3.8, 4) is 11.5 Å². The lowest BCUT2D eigenvalue weighted by Crippen LogP contribution is -2.43. The van der Waals surface area contributed by atoms with Crippen molar-refractivity contribution in [2.45, 2.75) is 12.8 Å². The van der Waals surface area contributed by atoms with Gasteiger partial charge in [-0.25, -0.2) is 23.7 Å². The molecule has 0 unspecified atom stereocenters. The number of nitrogens with zero attached hydrogens (tertiary/aromatic N) is 5. The molecule has 2 aromatic heterocycles. The van der Waals surface area contributed by atoms with E-state index < -0.39 is 28.9 Å². The Hall–Kier alpha value is -4.71. The molecule has 0 bridgehead atoms. The number of pyridine rings is 1. The lowest BCUT2D eigenvalue weighted by Gasteiger charge is -2.28. The molecule has 10 nitrogen and oxygen atoms in total. The molecule has 40 heavy (non-hydrogen) atoms. The molecule has 2 aliphatic rings. The average molecular weight is 546 g/mol. The van der Waals surface area contributed by atoms with Gasteiger partial charge in [-0.1, -0.05) is 0 Å². The maximum absolute atomic E-state index is 15.5. The molecule has 2 fully saturated rings. The topological polar surface area (TPSA) is 127 Å². The van der Waals surface area contributed by atoms with Gasteiger partial charge in [0.1, 0.15) is 17.1 Å². The fourth-order valence-corrected chi connectivity index (χ4v) is 4.72. The molecular weight excluding hydrogens is 520 g/mol. The zero-order valence-electron chi connectivity index (χ0n) is 21.3. The number of piperazine rings is 1. The van der Waals surface area contributed by atoms with E-state index in [-0.39, 0.29) is 35.7 Å². The number of ether oxygens (including phenoxy) is 1. The minimum absolute atomic E-state index is 0.117. The number of carbonyl (C=O) groups is 2. The normalized spacial score (nSPS) is 16.0. The van der Waals surface area contributed by atoms with Crippen molar-refractivity contribution in [3.05, 3.63) is 72.6 Å². The molecule has 0 radical (unpaired) electrons. The SMILES string of the molecule is NC(=O)C1(C(=O)N(c2ccc(F)cc2)c2ccc(Oc3ccnc4ncc(N5CCNCC5)nc34)c(F)c2)CC1. The number of amides is 2. The summed E-state index contributed by atoms with van der Waals surface area (Å²) in [5.41, 5.74) is 5.28. The van der Waals surface area contributed by atoms with E-state index in [0.717, 1.165) is 32.2 Å². The first-order valence-electron chi connectivity index (χ1n) is 12.8. The number of primary amides is 1. The minimum atomic E-state index is -1.38. The molecule has 1 aliphatic heterocycles. The Labute approximate surface area is 227 Å². The molecule has 204 valence electrons. The third-order valence-electron chi connectivity index (χ3n) is 7.15. The summed E-state index contributed by atoms with van der Waals surface area (Å²) in [6.45, 7) is 3.19. The van der Waals surface area contributed by atoms with E-state index in [2.05, 4.69) is 25.2 Å². The van der Waals surface area contributed by atoms with Crippen LogP contribution in [0.1, 0.15) is 12.8 Å². The van der Waals surface area contributed by atoms with Gasteiger partial charge in [-0.2, -0.15) is 0 Å². The molecule has 12 heteroatoms. The molecule has 1 saturated heterocycles. The van der Waals surface area contributed by atoms with Gasteiger partial charge in [-0.15, -0.1) is 0 Å². The molecule has 3 heterocycles. The summed E-state index contributed by atoms with van der Waals surface area (Å²) >= 11 is 0. The number of aromatic nitrogens is 3. The van der Waals surface area contributed by atoms with Gasteiger partial charge in [0.2, 0.25) is 11.8 Å². The van der Waals surface area contributed by atoms with Crippen molar-refractivity contribution < 1.29 is 23.1 Å². The maximum Gasteiger partial charge on any atom is 0.247 e. The number of nitrogens with two attached hydrogens (primary N) is 1. The van der Waals surface area contributed by atoms with Crippen LogP contribution in [0.25, 0.3) is 11.2 Å². The van der Waals surface area contributed by atoms with Crippen molar-refractivity contribution in [2.75, 3.05) is 36.0 Å². The molecular formula is C28H25F2N7O3. The van der Waals surface area contributed by atoms with Crippen LogP contribution >= 0.6 is 0 Å². The molecule has 2 amide bonds. The van der Waals surface area contributed by atoms with Crippen molar-refractivity contribution in [2.24, 2.45) is 11.1 Å². The first-order chi connectivity index (χ1) is 19.4. The van der Waals surface area contributed by atoms with Crippen LogP contribution in [0.4, 0.5) is 26.0 Å². The second kappa shape index (κ2) is 10.1. The Morgan fingerprint density at radius 2 is 1.70 bits per heavy atom. The fourth-order valence-electron chi connectivity index (χ4n) is 4.72. The number of hydrogen-bond donors (Lipinski definition) is 2. The number of anilines is 3. The van der Waals surface area contributed by atoms with E-state index in [0.29, 0.717) is 17.0 Å². The van der Waals surface area contributed by atoms with Gasteiger partial charge in [-0.3, -0.25) is 14.5 Å².